The van der Waals surface area contributed by atoms with Gasteiger partial charge >= 0.3 is 11.7 Å². The normalized spacial score (nSPS) is 9.67. The fraction of sp³-hybridized carbons (Fsp3) is 0.250. The van der Waals surface area contributed by atoms with Gasteiger partial charge in [-0.05, 0) is 13.0 Å². The van der Waals surface area contributed by atoms with Crippen LogP contribution in [-0.4, -0.2) is 27.6 Å². The maximum Gasteiger partial charge on any atom is 0.341 e. The molecule has 0 aliphatic rings. The van der Waals surface area contributed by atoms with Crippen molar-refractivity contribution in [3.63, 3.8) is 0 Å². The van der Waals surface area contributed by atoms with Gasteiger partial charge in [0.1, 0.15) is 0 Å². The molecule has 0 amide bonds. The third-order valence-corrected chi connectivity index (χ3v) is 1.51. The SMILES string of the molecule is Cc1ccc([N+](=O)[O-])c(OCC(=O)O)n1. The van der Waals surface area contributed by atoms with Crippen molar-refractivity contribution in [2.24, 2.45) is 0 Å². The third kappa shape index (κ3) is 2.90. The number of aromatic nitrogens is 1. The zero-order chi connectivity index (χ0) is 11.4. The largest absolute Gasteiger partial charge is 0.479 e. The molecular weight excluding hydrogens is 204 g/mol. The maximum atomic E-state index is 10.5. The summed E-state index contributed by atoms with van der Waals surface area (Å²) >= 11 is 0. The molecule has 1 rings (SSSR count). The van der Waals surface area contributed by atoms with E-state index in [1.807, 2.05) is 0 Å². The van der Waals surface area contributed by atoms with Gasteiger partial charge in [0.25, 0.3) is 5.88 Å². The van der Waals surface area contributed by atoms with Gasteiger partial charge in [0.05, 0.1) is 4.92 Å². The Kier molecular flexibility index (Phi) is 3.17. The van der Waals surface area contributed by atoms with Crippen molar-refractivity contribution in [3.8, 4) is 5.88 Å². The second-order valence-corrected chi connectivity index (χ2v) is 2.72. The topological polar surface area (TPSA) is 103 Å². The summed E-state index contributed by atoms with van der Waals surface area (Å²) in [5.41, 5.74) is 0.169. The average Bonchev–Trinajstić information content (AvgIpc) is 2.14. The molecule has 7 heteroatoms. The highest BCUT2D eigenvalue weighted by Gasteiger charge is 2.17. The summed E-state index contributed by atoms with van der Waals surface area (Å²) in [6, 6.07) is 2.67. The van der Waals surface area contributed by atoms with Crippen molar-refractivity contribution in [1.29, 1.82) is 0 Å². The summed E-state index contributed by atoms with van der Waals surface area (Å²) < 4.78 is 4.69. The lowest BCUT2D eigenvalue weighted by molar-refractivity contribution is -0.386. The van der Waals surface area contributed by atoms with Crippen molar-refractivity contribution in [1.82, 2.24) is 4.98 Å². The van der Waals surface area contributed by atoms with E-state index >= 15 is 0 Å². The number of pyridine rings is 1. The lowest BCUT2D eigenvalue weighted by atomic mass is 10.3. The van der Waals surface area contributed by atoms with Crippen molar-refractivity contribution >= 4 is 11.7 Å². The zero-order valence-electron chi connectivity index (χ0n) is 7.84. The van der Waals surface area contributed by atoms with Crippen LogP contribution in [-0.2, 0) is 4.79 Å². The first kappa shape index (κ1) is 10.9. The molecule has 0 bridgehead atoms. The van der Waals surface area contributed by atoms with Gasteiger partial charge in [-0.15, -0.1) is 0 Å². The Morgan fingerprint density at radius 2 is 2.33 bits per heavy atom. The van der Waals surface area contributed by atoms with Crippen LogP contribution in [0, 0.1) is 17.0 Å². The molecule has 0 fully saturated rings. The van der Waals surface area contributed by atoms with E-state index in [2.05, 4.69) is 9.72 Å². The molecule has 0 aliphatic carbocycles. The van der Waals surface area contributed by atoms with Crippen LogP contribution in [0.5, 0.6) is 5.88 Å². The summed E-state index contributed by atoms with van der Waals surface area (Å²) in [6.45, 7) is 0.967. The highest BCUT2D eigenvalue weighted by molar-refractivity contribution is 5.68. The van der Waals surface area contributed by atoms with Crippen LogP contribution in [0.15, 0.2) is 12.1 Å². The molecule has 0 radical (unpaired) electrons. The minimum absolute atomic E-state index is 0.276. The molecule has 1 aromatic heterocycles. The first-order valence-corrected chi connectivity index (χ1v) is 3.97. The summed E-state index contributed by atoms with van der Waals surface area (Å²) in [7, 11) is 0. The number of carboxylic acid groups (broad SMARTS) is 1. The third-order valence-electron chi connectivity index (χ3n) is 1.51. The van der Waals surface area contributed by atoms with Crippen LogP contribution >= 0.6 is 0 Å². The first-order valence-electron chi connectivity index (χ1n) is 3.97. The van der Waals surface area contributed by atoms with Gasteiger partial charge in [0.15, 0.2) is 6.61 Å². The number of carboxylic acids is 1. The minimum Gasteiger partial charge on any atom is -0.479 e. The minimum atomic E-state index is -1.22. The van der Waals surface area contributed by atoms with E-state index in [0.29, 0.717) is 5.69 Å². The van der Waals surface area contributed by atoms with E-state index in [1.165, 1.54) is 12.1 Å². The fourth-order valence-electron chi connectivity index (χ4n) is 0.901. The highest BCUT2D eigenvalue weighted by atomic mass is 16.6. The lowest BCUT2D eigenvalue weighted by Crippen LogP contribution is -2.11. The molecule has 0 spiro atoms. The molecule has 0 saturated heterocycles. The smallest absolute Gasteiger partial charge is 0.341 e. The molecule has 1 heterocycles. The number of hydrogen-bond donors (Lipinski definition) is 1. The fourth-order valence-corrected chi connectivity index (χ4v) is 0.901. The van der Waals surface area contributed by atoms with Gasteiger partial charge in [-0.3, -0.25) is 10.1 Å². The van der Waals surface area contributed by atoms with E-state index in [-0.39, 0.29) is 11.6 Å². The molecular formula is C8H8N2O5. The number of aliphatic carboxylic acids is 1. The number of ether oxygens (including phenoxy) is 1. The summed E-state index contributed by atoms with van der Waals surface area (Å²) in [5, 5.41) is 18.9. The lowest BCUT2D eigenvalue weighted by Gasteiger charge is -2.03. The van der Waals surface area contributed by atoms with Crippen molar-refractivity contribution in [2.45, 2.75) is 6.92 Å². The molecule has 0 saturated carbocycles. The molecule has 7 nitrogen and oxygen atoms in total. The predicted molar refractivity (Wildman–Crippen MR) is 48.8 cm³/mol. The van der Waals surface area contributed by atoms with E-state index in [4.69, 9.17) is 5.11 Å². The van der Waals surface area contributed by atoms with Crippen LogP contribution < -0.4 is 4.74 Å². The van der Waals surface area contributed by atoms with Crippen LogP contribution in [0.1, 0.15) is 5.69 Å². The van der Waals surface area contributed by atoms with Gasteiger partial charge in [-0.2, -0.15) is 0 Å². The number of carbonyl (C=O) groups is 1. The number of nitro groups is 1. The van der Waals surface area contributed by atoms with Crippen LogP contribution in [0.25, 0.3) is 0 Å². The van der Waals surface area contributed by atoms with Crippen molar-refractivity contribution < 1.29 is 19.6 Å². The van der Waals surface area contributed by atoms with Crippen LogP contribution in [0.4, 0.5) is 5.69 Å². The highest BCUT2D eigenvalue weighted by Crippen LogP contribution is 2.23. The molecule has 1 N–H and O–H groups in total. The molecule has 80 valence electrons. The molecule has 0 unspecified atom stereocenters. The van der Waals surface area contributed by atoms with E-state index in [9.17, 15) is 14.9 Å². The summed E-state index contributed by atoms with van der Waals surface area (Å²) in [5.74, 6) is -1.49. The van der Waals surface area contributed by atoms with Gasteiger partial charge in [-0.1, -0.05) is 0 Å². The monoisotopic (exact) mass is 212 g/mol. The second kappa shape index (κ2) is 4.36. The standard InChI is InChI=1S/C8H8N2O5/c1-5-2-3-6(10(13)14)8(9-5)15-4-7(11)12/h2-3H,4H2,1H3,(H,11,12). The van der Waals surface area contributed by atoms with Gasteiger partial charge in [-0.25, -0.2) is 9.78 Å². The number of hydrogen-bond acceptors (Lipinski definition) is 5. The maximum absolute atomic E-state index is 10.5. The van der Waals surface area contributed by atoms with E-state index in [1.54, 1.807) is 6.92 Å². The first-order chi connectivity index (χ1) is 7.00. The Morgan fingerprint density at radius 3 is 2.87 bits per heavy atom. The summed E-state index contributed by atoms with van der Waals surface area (Å²) in [4.78, 5) is 23.8. The zero-order valence-corrected chi connectivity index (χ0v) is 7.84. The van der Waals surface area contributed by atoms with Crippen molar-refractivity contribution in [2.75, 3.05) is 6.61 Å². The van der Waals surface area contributed by atoms with Gasteiger partial charge in [0.2, 0.25) is 0 Å². The Hall–Kier alpha value is -2.18. The Labute approximate surface area is 84.5 Å². The van der Waals surface area contributed by atoms with E-state index < -0.39 is 17.5 Å². The number of rotatable bonds is 4. The Morgan fingerprint density at radius 1 is 1.67 bits per heavy atom. The molecule has 0 aliphatic heterocycles. The Balaban J connectivity index is 2.96. The van der Waals surface area contributed by atoms with Crippen LogP contribution in [0.2, 0.25) is 0 Å². The molecule has 0 atom stereocenters. The summed E-state index contributed by atoms with van der Waals surface area (Å²) in [6.07, 6.45) is 0. The molecule has 0 aromatic carbocycles. The van der Waals surface area contributed by atoms with Crippen LogP contribution in [0.3, 0.4) is 0 Å². The number of aryl methyl sites for hydroxylation is 1. The predicted octanol–water partition coefficient (Wildman–Crippen LogP) is 0.762. The van der Waals surface area contributed by atoms with Crippen molar-refractivity contribution in [3.05, 3.63) is 27.9 Å². The molecule has 1 aromatic rings. The average molecular weight is 212 g/mol. The van der Waals surface area contributed by atoms with Gasteiger partial charge < -0.3 is 9.84 Å². The van der Waals surface area contributed by atoms with Gasteiger partial charge in [0, 0.05) is 11.8 Å². The molecule has 15 heavy (non-hydrogen) atoms. The second-order valence-electron chi connectivity index (χ2n) is 2.72. The quantitative estimate of drug-likeness (QED) is 0.583. The van der Waals surface area contributed by atoms with E-state index in [0.717, 1.165) is 0 Å². The Bertz CT molecular complexity index is 404. The number of nitrogens with zero attached hydrogens (tertiary/aromatic N) is 2.